The monoisotopic (exact) mass is 160 g/mol. The van der Waals surface area contributed by atoms with Crippen molar-refractivity contribution in [2.75, 3.05) is 6.61 Å². The molecule has 2 atom stereocenters. The maximum Gasteiger partial charge on any atom is 0.416 e. The molecule has 0 bridgehead atoms. The first kappa shape index (κ1) is 9.67. The molecule has 62 valence electrons. The summed E-state index contributed by atoms with van der Waals surface area (Å²) in [6.07, 6.45) is -9.89. The van der Waals surface area contributed by atoms with Gasteiger partial charge in [0.2, 0.25) is 0 Å². The Kier molecular flexibility index (Phi) is 3.07. The van der Waals surface area contributed by atoms with Crippen molar-refractivity contribution in [3.8, 4) is 0 Å². The van der Waals surface area contributed by atoms with E-state index in [2.05, 4.69) is 0 Å². The van der Waals surface area contributed by atoms with Crippen LogP contribution in [-0.2, 0) is 0 Å². The summed E-state index contributed by atoms with van der Waals surface area (Å²) < 4.78 is 34.1. The lowest BCUT2D eigenvalue weighted by molar-refractivity contribution is -0.233. The fourth-order valence-corrected chi connectivity index (χ4v) is 0.318. The quantitative estimate of drug-likeness (QED) is 0.498. The highest BCUT2D eigenvalue weighted by Crippen LogP contribution is 2.21. The van der Waals surface area contributed by atoms with Crippen LogP contribution in [0, 0.1) is 0 Å². The van der Waals surface area contributed by atoms with Gasteiger partial charge in [0.25, 0.3) is 0 Å². The number of alkyl halides is 3. The van der Waals surface area contributed by atoms with Crippen LogP contribution in [0.15, 0.2) is 0 Å². The van der Waals surface area contributed by atoms with Crippen LogP contribution in [0.5, 0.6) is 0 Å². The van der Waals surface area contributed by atoms with E-state index in [0.29, 0.717) is 0 Å². The molecule has 1 unspecified atom stereocenters. The minimum atomic E-state index is -4.87. The van der Waals surface area contributed by atoms with Gasteiger partial charge < -0.3 is 15.3 Å². The lowest BCUT2D eigenvalue weighted by Gasteiger charge is -2.17. The predicted octanol–water partition coefficient (Wildman–Crippen LogP) is -0.737. The molecule has 3 nitrogen and oxygen atoms in total. The van der Waals surface area contributed by atoms with E-state index >= 15 is 0 Å². The van der Waals surface area contributed by atoms with E-state index in [1.807, 2.05) is 0 Å². The van der Waals surface area contributed by atoms with Gasteiger partial charge in [0.05, 0.1) is 6.61 Å². The lowest BCUT2D eigenvalue weighted by Crippen LogP contribution is -2.41. The summed E-state index contributed by atoms with van der Waals surface area (Å²) in [7, 11) is 0. The molecular formula is C4H7F3O3. The van der Waals surface area contributed by atoms with Crippen molar-refractivity contribution in [2.24, 2.45) is 0 Å². The topological polar surface area (TPSA) is 60.7 Å². The average molecular weight is 160 g/mol. The number of rotatable bonds is 2. The molecule has 0 radical (unpaired) electrons. The molecule has 0 heterocycles. The Balaban J connectivity index is 3.94. The smallest absolute Gasteiger partial charge is 0.394 e. The Labute approximate surface area is 54.7 Å². The molecule has 10 heavy (non-hydrogen) atoms. The predicted molar refractivity (Wildman–Crippen MR) is 25.2 cm³/mol. The maximum atomic E-state index is 11.4. The first-order chi connectivity index (χ1) is 4.39. The van der Waals surface area contributed by atoms with Crippen molar-refractivity contribution < 1.29 is 28.5 Å². The Bertz CT molecular complexity index is 102. The standard InChI is InChI=1S/C4H7F3O3/c5-4(6,7)3(10)2(9)1-8/h2-3,8-10H,1H2/t2-,3?/m1/s1. The summed E-state index contributed by atoms with van der Waals surface area (Å²) in [6, 6.07) is 0. The van der Waals surface area contributed by atoms with E-state index in [4.69, 9.17) is 15.3 Å². The van der Waals surface area contributed by atoms with Gasteiger partial charge in [-0.25, -0.2) is 0 Å². The molecule has 0 aliphatic rings. The molecule has 0 spiro atoms. The summed E-state index contributed by atoms with van der Waals surface area (Å²) in [4.78, 5) is 0. The minimum absolute atomic E-state index is 1.11. The molecule has 3 N–H and O–H groups in total. The zero-order valence-corrected chi connectivity index (χ0v) is 4.84. The van der Waals surface area contributed by atoms with Crippen molar-refractivity contribution in [3.05, 3.63) is 0 Å². The highest BCUT2D eigenvalue weighted by Gasteiger charge is 2.42. The molecular weight excluding hydrogens is 153 g/mol. The van der Waals surface area contributed by atoms with E-state index in [1.54, 1.807) is 0 Å². The van der Waals surface area contributed by atoms with Crippen LogP contribution in [0.4, 0.5) is 13.2 Å². The van der Waals surface area contributed by atoms with Gasteiger partial charge in [-0.15, -0.1) is 0 Å². The molecule has 0 aromatic heterocycles. The highest BCUT2D eigenvalue weighted by molar-refractivity contribution is 4.72. The summed E-state index contributed by atoms with van der Waals surface area (Å²) in [5.41, 5.74) is 0. The highest BCUT2D eigenvalue weighted by atomic mass is 19.4. The van der Waals surface area contributed by atoms with Gasteiger partial charge in [-0.05, 0) is 0 Å². The van der Waals surface area contributed by atoms with Crippen LogP contribution in [0.2, 0.25) is 0 Å². The van der Waals surface area contributed by atoms with E-state index in [0.717, 1.165) is 0 Å². The number of hydrogen-bond acceptors (Lipinski definition) is 3. The molecule has 0 aromatic rings. The molecule has 0 saturated heterocycles. The fraction of sp³-hybridized carbons (Fsp3) is 1.00. The molecule has 6 heteroatoms. The van der Waals surface area contributed by atoms with Crippen LogP contribution >= 0.6 is 0 Å². The van der Waals surface area contributed by atoms with Crippen molar-refractivity contribution in [1.82, 2.24) is 0 Å². The van der Waals surface area contributed by atoms with E-state index < -0.39 is 25.0 Å². The van der Waals surface area contributed by atoms with Crippen molar-refractivity contribution in [3.63, 3.8) is 0 Å². The van der Waals surface area contributed by atoms with Crippen LogP contribution in [0.1, 0.15) is 0 Å². The summed E-state index contributed by atoms with van der Waals surface area (Å²) in [5.74, 6) is 0. The van der Waals surface area contributed by atoms with E-state index in [-0.39, 0.29) is 0 Å². The summed E-state index contributed by atoms with van der Waals surface area (Å²) in [5, 5.41) is 24.3. The first-order valence-corrected chi connectivity index (χ1v) is 2.43. The zero-order valence-electron chi connectivity index (χ0n) is 4.84. The Morgan fingerprint density at radius 2 is 1.60 bits per heavy atom. The molecule has 0 aliphatic heterocycles. The molecule has 0 rings (SSSR count). The van der Waals surface area contributed by atoms with Gasteiger partial charge in [-0.3, -0.25) is 0 Å². The number of halogens is 3. The van der Waals surface area contributed by atoms with Gasteiger partial charge in [0.1, 0.15) is 6.10 Å². The Hall–Kier alpha value is -0.330. The van der Waals surface area contributed by atoms with Crippen LogP contribution in [0.3, 0.4) is 0 Å². The normalized spacial score (nSPS) is 18.6. The largest absolute Gasteiger partial charge is 0.416 e. The molecule has 0 fully saturated rings. The SMILES string of the molecule is OC[C@@H](O)C(O)C(F)(F)F. The van der Waals surface area contributed by atoms with Gasteiger partial charge in [-0.1, -0.05) is 0 Å². The third-order valence-electron chi connectivity index (χ3n) is 0.887. The molecule has 0 saturated carbocycles. The third kappa shape index (κ3) is 2.51. The van der Waals surface area contributed by atoms with Crippen LogP contribution < -0.4 is 0 Å². The Morgan fingerprint density at radius 1 is 1.20 bits per heavy atom. The fourth-order valence-electron chi connectivity index (χ4n) is 0.318. The van der Waals surface area contributed by atoms with Crippen LogP contribution in [-0.4, -0.2) is 40.3 Å². The average Bonchev–Trinajstić information content (AvgIpc) is 1.83. The number of aliphatic hydroxyl groups excluding tert-OH is 3. The number of aliphatic hydroxyl groups is 3. The van der Waals surface area contributed by atoms with Gasteiger partial charge in [0, 0.05) is 0 Å². The summed E-state index contributed by atoms with van der Waals surface area (Å²) in [6.45, 7) is -1.11. The van der Waals surface area contributed by atoms with Crippen molar-refractivity contribution in [2.45, 2.75) is 18.4 Å². The van der Waals surface area contributed by atoms with Gasteiger partial charge >= 0.3 is 6.18 Å². The summed E-state index contributed by atoms with van der Waals surface area (Å²) >= 11 is 0. The first-order valence-electron chi connectivity index (χ1n) is 2.43. The zero-order chi connectivity index (χ0) is 8.36. The second-order valence-corrected chi connectivity index (χ2v) is 1.74. The van der Waals surface area contributed by atoms with Crippen LogP contribution in [0.25, 0.3) is 0 Å². The second-order valence-electron chi connectivity index (χ2n) is 1.74. The Morgan fingerprint density at radius 3 is 1.70 bits per heavy atom. The van der Waals surface area contributed by atoms with Gasteiger partial charge in [0.15, 0.2) is 6.10 Å². The van der Waals surface area contributed by atoms with E-state index in [9.17, 15) is 13.2 Å². The molecule has 0 aromatic carbocycles. The van der Waals surface area contributed by atoms with Gasteiger partial charge in [-0.2, -0.15) is 13.2 Å². The minimum Gasteiger partial charge on any atom is -0.394 e. The molecule has 0 amide bonds. The number of hydrogen-bond donors (Lipinski definition) is 3. The van der Waals surface area contributed by atoms with Crippen molar-refractivity contribution in [1.29, 1.82) is 0 Å². The van der Waals surface area contributed by atoms with E-state index in [1.165, 1.54) is 0 Å². The maximum absolute atomic E-state index is 11.4. The molecule has 0 aliphatic carbocycles. The van der Waals surface area contributed by atoms with Crippen molar-refractivity contribution >= 4 is 0 Å². The lowest BCUT2D eigenvalue weighted by atomic mass is 10.2. The second kappa shape index (κ2) is 3.18. The third-order valence-corrected chi connectivity index (χ3v) is 0.887.